The van der Waals surface area contributed by atoms with Crippen LogP contribution in [-0.4, -0.2) is 12.9 Å². The predicted octanol–water partition coefficient (Wildman–Crippen LogP) is 2.88. The molecule has 14 heavy (non-hydrogen) atoms. The molecule has 2 rings (SSSR count). The van der Waals surface area contributed by atoms with Gasteiger partial charge in [-0.2, -0.15) is 0 Å². The van der Waals surface area contributed by atoms with Gasteiger partial charge in [-0.15, -0.1) is 0 Å². The molecule has 0 atom stereocenters. The predicted molar refractivity (Wildman–Crippen MR) is 55.8 cm³/mol. The molecule has 0 saturated carbocycles. The molecule has 1 heterocycles. The summed E-state index contributed by atoms with van der Waals surface area (Å²) >= 11 is 11.9. The van der Waals surface area contributed by atoms with Crippen molar-refractivity contribution in [2.24, 2.45) is 0 Å². The number of hydrogen-bond acceptors (Lipinski definition) is 2. The Labute approximate surface area is 91.1 Å². The van der Waals surface area contributed by atoms with Crippen LogP contribution in [0.15, 0.2) is 23.8 Å². The molecule has 0 aromatic heterocycles. The third-order valence-electron chi connectivity index (χ3n) is 2.00. The lowest BCUT2D eigenvalue weighted by molar-refractivity contribution is -0.105. The van der Waals surface area contributed by atoms with Crippen LogP contribution in [0.1, 0.15) is 5.56 Å². The van der Waals surface area contributed by atoms with Crippen LogP contribution in [0, 0.1) is 0 Å². The molecule has 0 fully saturated rings. The van der Waals surface area contributed by atoms with Crippen LogP contribution in [0.5, 0.6) is 5.75 Å². The van der Waals surface area contributed by atoms with Gasteiger partial charge in [0.25, 0.3) is 0 Å². The van der Waals surface area contributed by atoms with Crippen molar-refractivity contribution in [2.75, 3.05) is 6.61 Å². The highest BCUT2D eigenvalue weighted by molar-refractivity contribution is 6.51. The third kappa shape index (κ3) is 1.41. The fraction of sp³-hybridized carbons (Fsp3) is 0.100. The minimum absolute atomic E-state index is 0.180. The number of aldehydes is 1. The molecule has 0 bridgehead atoms. The summed E-state index contributed by atoms with van der Waals surface area (Å²) in [6.07, 6.45) is 0.701. The van der Waals surface area contributed by atoms with Crippen LogP contribution in [0.3, 0.4) is 0 Å². The van der Waals surface area contributed by atoms with Gasteiger partial charge < -0.3 is 4.74 Å². The standard InChI is InChI=1S/C10H6Cl2O2/c11-8-3-1-2-7-9(12)6(4-13)5-14-10(7)8/h1-4H,5H2. The number of benzene rings is 1. The number of carbonyl (C=O) groups excluding carboxylic acids is 1. The van der Waals surface area contributed by atoms with Gasteiger partial charge in [-0.1, -0.05) is 29.3 Å². The Morgan fingerprint density at radius 3 is 2.86 bits per heavy atom. The minimum atomic E-state index is 0.180. The number of rotatable bonds is 1. The number of hydrogen-bond donors (Lipinski definition) is 0. The average molecular weight is 229 g/mol. The third-order valence-corrected chi connectivity index (χ3v) is 2.74. The van der Waals surface area contributed by atoms with E-state index in [2.05, 4.69) is 0 Å². The van der Waals surface area contributed by atoms with Crippen molar-refractivity contribution in [1.29, 1.82) is 0 Å². The van der Waals surface area contributed by atoms with Crippen LogP contribution in [-0.2, 0) is 4.79 Å². The van der Waals surface area contributed by atoms with Crippen molar-refractivity contribution >= 4 is 34.5 Å². The van der Waals surface area contributed by atoms with E-state index in [1.165, 1.54) is 0 Å². The Balaban J connectivity index is 2.63. The van der Waals surface area contributed by atoms with Gasteiger partial charge >= 0.3 is 0 Å². The topological polar surface area (TPSA) is 26.3 Å². The number of carbonyl (C=O) groups is 1. The molecule has 0 radical (unpaired) electrons. The molecule has 1 aliphatic rings. The summed E-state index contributed by atoms with van der Waals surface area (Å²) in [7, 11) is 0. The molecule has 0 aliphatic carbocycles. The molecular weight excluding hydrogens is 223 g/mol. The summed E-state index contributed by atoms with van der Waals surface area (Å²) in [5.41, 5.74) is 1.12. The van der Waals surface area contributed by atoms with Crippen molar-refractivity contribution in [2.45, 2.75) is 0 Å². The lowest BCUT2D eigenvalue weighted by atomic mass is 10.1. The van der Waals surface area contributed by atoms with E-state index in [1.807, 2.05) is 0 Å². The maximum Gasteiger partial charge on any atom is 0.150 e. The normalized spacial score (nSPS) is 14.7. The second-order valence-electron chi connectivity index (χ2n) is 2.86. The first-order chi connectivity index (χ1) is 6.74. The highest BCUT2D eigenvalue weighted by atomic mass is 35.5. The second-order valence-corrected chi connectivity index (χ2v) is 3.65. The van der Waals surface area contributed by atoms with E-state index in [1.54, 1.807) is 18.2 Å². The van der Waals surface area contributed by atoms with Crippen molar-refractivity contribution in [3.63, 3.8) is 0 Å². The molecule has 0 saturated heterocycles. The largest absolute Gasteiger partial charge is 0.486 e. The average Bonchev–Trinajstić information content (AvgIpc) is 2.20. The smallest absolute Gasteiger partial charge is 0.150 e. The van der Waals surface area contributed by atoms with E-state index in [4.69, 9.17) is 27.9 Å². The van der Waals surface area contributed by atoms with Crippen LogP contribution in [0.4, 0.5) is 0 Å². The zero-order valence-corrected chi connectivity index (χ0v) is 8.60. The highest BCUT2D eigenvalue weighted by Gasteiger charge is 2.20. The zero-order chi connectivity index (χ0) is 10.1. The van der Waals surface area contributed by atoms with Gasteiger partial charge in [0.15, 0.2) is 6.29 Å². The van der Waals surface area contributed by atoms with Gasteiger partial charge in [0, 0.05) is 11.1 Å². The van der Waals surface area contributed by atoms with Gasteiger partial charge in [-0.3, -0.25) is 4.79 Å². The first-order valence-corrected chi connectivity index (χ1v) is 4.75. The van der Waals surface area contributed by atoms with Gasteiger partial charge in [-0.05, 0) is 12.1 Å². The van der Waals surface area contributed by atoms with E-state index in [0.29, 0.717) is 33.2 Å². The molecule has 0 N–H and O–H groups in total. The summed E-state index contributed by atoms with van der Waals surface area (Å²) in [6.45, 7) is 0.180. The molecule has 2 nitrogen and oxygen atoms in total. The maximum atomic E-state index is 10.6. The molecule has 0 spiro atoms. The molecular formula is C10H6Cl2O2. The van der Waals surface area contributed by atoms with Crippen LogP contribution >= 0.6 is 23.2 Å². The number of ether oxygens (including phenoxy) is 1. The monoisotopic (exact) mass is 228 g/mol. The highest BCUT2D eigenvalue weighted by Crippen LogP contribution is 2.39. The number of para-hydroxylation sites is 1. The first-order valence-electron chi connectivity index (χ1n) is 3.99. The number of halogens is 2. The SMILES string of the molecule is O=CC1=C(Cl)c2cccc(Cl)c2OC1. The van der Waals surface area contributed by atoms with E-state index < -0.39 is 0 Å². The quantitative estimate of drug-likeness (QED) is 0.692. The number of fused-ring (bicyclic) bond motifs is 1. The molecule has 1 aromatic carbocycles. The fourth-order valence-electron chi connectivity index (χ4n) is 1.30. The van der Waals surface area contributed by atoms with Crippen molar-refractivity contribution in [1.82, 2.24) is 0 Å². The van der Waals surface area contributed by atoms with E-state index in [9.17, 15) is 4.79 Å². The summed E-state index contributed by atoms with van der Waals surface area (Å²) in [5.74, 6) is 0.546. The van der Waals surface area contributed by atoms with E-state index >= 15 is 0 Å². The molecule has 4 heteroatoms. The van der Waals surface area contributed by atoms with Crippen LogP contribution in [0.2, 0.25) is 5.02 Å². The van der Waals surface area contributed by atoms with E-state index in [-0.39, 0.29) is 6.61 Å². The fourth-order valence-corrected chi connectivity index (χ4v) is 1.78. The molecule has 1 aromatic rings. The zero-order valence-electron chi connectivity index (χ0n) is 7.09. The molecule has 0 amide bonds. The van der Waals surface area contributed by atoms with Gasteiger partial charge in [0.05, 0.1) is 10.1 Å². The van der Waals surface area contributed by atoms with Crippen LogP contribution in [0.25, 0.3) is 5.03 Å². The molecule has 0 unspecified atom stereocenters. The van der Waals surface area contributed by atoms with Crippen LogP contribution < -0.4 is 4.74 Å². The summed E-state index contributed by atoms with van der Waals surface area (Å²) in [4.78, 5) is 10.6. The second kappa shape index (κ2) is 3.64. The van der Waals surface area contributed by atoms with Gasteiger partial charge in [0.1, 0.15) is 12.4 Å². The Hall–Kier alpha value is -0.990. The first kappa shape index (κ1) is 9.56. The van der Waals surface area contributed by atoms with Crippen molar-refractivity contribution in [3.8, 4) is 5.75 Å². The Morgan fingerprint density at radius 2 is 2.14 bits per heavy atom. The van der Waals surface area contributed by atoms with E-state index in [0.717, 1.165) is 0 Å². The summed E-state index contributed by atoms with van der Waals surface area (Å²) in [5, 5.41) is 0.925. The van der Waals surface area contributed by atoms with Gasteiger partial charge in [0.2, 0.25) is 0 Å². The van der Waals surface area contributed by atoms with Crippen molar-refractivity contribution < 1.29 is 9.53 Å². The maximum absolute atomic E-state index is 10.6. The van der Waals surface area contributed by atoms with Crippen molar-refractivity contribution in [3.05, 3.63) is 34.4 Å². The Bertz CT molecular complexity index is 424. The summed E-state index contributed by atoms with van der Waals surface area (Å²) < 4.78 is 5.32. The minimum Gasteiger partial charge on any atom is -0.486 e. The Kier molecular flexibility index (Phi) is 2.48. The lowest BCUT2D eigenvalue weighted by Crippen LogP contribution is -2.10. The van der Waals surface area contributed by atoms with Gasteiger partial charge in [-0.25, -0.2) is 0 Å². The lowest BCUT2D eigenvalue weighted by Gasteiger charge is -2.18. The molecule has 1 aliphatic heterocycles. The molecule has 72 valence electrons. The summed E-state index contributed by atoms with van der Waals surface area (Å²) in [6, 6.07) is 5.25. The Morgan fingerprint density at radius 1 is 1.36 bits per heavy atom.